The summed E-state index contributed by atoms with van der Waals surface area (Å²) in [6, 6.07) is 12.4. The first-order valence-corrected chi connectivity index (χ1v) is 10.4. The summed E-state index contributed by atoms with van der Waals surface area (Å²) in [5, 5.41) is 4.61. The lowest BCUT2D eigenvalue weighted by molar-refractivity contribution is 0.613. The number of aryl methyl sites for hydroxylation is 1. The van der Waals surface area contributed by atoms with E-state index < -0.39 is 0 Å². The maximum Gasteiger partial charge on any atom is 0.134 e. The van der Waals surface area contributed by atoms with Crippen molar-refractivity contribution < 1.29 is 4.42 Å². The summed E-state index contributed by atoms with van der Waals surface area (Å²) in [4.78, 5) is 14.5. The van der Waals surface area contributed by atoms with Crippen molar-refractivity contribution in [2.75, 3.05) is 11.6 Å². The lowest BCUT2D eigenvalue weighted by atomic mass is 10.0. The van der Waals surface area contributed by atoms with Gasteiger partial charge in [0.2, 0.25) is 0 Å². The molecule has 0 atom stereocenters. The molecule has 29 heavy (non-hydrogen) atoms. The van der Waals surface area contributed by atoms with E-state index in [4.69, 9.17) is 4.42 Å². The average Bonchev–Trinajstić information content (AvgIpc) is 3.14. The van der Waals surface area contributed by atoms with Crippen LogP contribution in [0.2, 0.25) is 0 Å². The highest BCUT2D eigenvalue weighted by atomic mass is 32.2. The molecule has 1 N–H and O–H groups in total. The summed E-state index contributed by atoms with van der Waals surface area (Å²) in [5.41, 5.74) is 7.72. The molecule has 0 amide bonds. The second-order valence-corrected chi connectivity index (χ2v) is 7.63. The van der Waals surface area contributed by atoms with Crippen LogP contribution in [-0.4, -0.2) is 21.2 Å². The highest BCUT2D eigenvalue weighted by Gasteiger charge is 2.12. The monoisotopic (exact) mass is 398 g/mol. The predicted molar refractivity (Wildman–Crippen MR) is 119 cm³/mol. The smallest absolute Gasteiger partial charge is 0.134 e. The Kier molecular flexibility index (Phi) is 4.41. The largest absolute Gasteiger partial charge is 0.464 e. The molecule has 3 heterocycles. The van der Waals surface area contributed by atoms with Crippen LogP contribution in [-0.2, 0) is 0 Å². The summed E-state index contributed by atoms with van der Waals surface area (Å²) in [6.07, 6.45) is 10.9. The lowest BCUT2D eigenvalue weighted by Crippen LogP contribution is -1.96. The maximum atomic E-state index is 5.61. The highest BCUT2D eigenvalue weighted by Crippen LogP contribution is 2.35. The molecule has 5 rings (SSSR count). The summed E-state index contributed by atoms with van der Waals surface area (Å²) in [7, 11) is 0. The van der Waals surface area contributed by atoms with Gasteiger partial charge >= 0.3 is 0 Å². The molecule has 142 valence electrons. The minimum Gasteiger partial charge on any atom is -0.464 e. The molecule has 0 saturated heterocycles. The number of nitrogens with zero attached hydrogens (tertiary/aromatic N) is 3. The molecular weight excluding hydrogens is 380 g/mol. The molecule has 3 aromatic heterocycles. The van der Waals surface area contributed by atoms with Gasteiger partial charge < -0.3 is 9.73 Å². The molecule has 0 saturated carbocycles. The third-order valence-electron chi connectivity index (χ3n) is 4.93. The van der Waals surface area contributed by atoms with E-state index in [1.54, 1.807) is 36.6 Å². The minimum atomic E-state index is 0.839. The fourth-order valence-corrected chi connectivity index (χ4v) is 4.02. The number of furan rings is 1. The van der Waals surface area contributed by atoms with Crippen LogP contribution in [0.25, 0.3) is 33.1 Å². The zero-order valence-electron chi connectivity index (χ0n) is 16.0. The number of thioether (sulfide) groups is 1. The Labute approximate surface area is 172 Å². The van der Waals surface area contributed by atoms with Crippen LogP contribution in [0.15, 0.2) is 76.8 Å². The molecule has 5 nitrogen and oxygen atoms in total. The van der Waals surface area contributed by atoms with Gasteiger partial charge in [-0.25, -0.2) is 0 Å². The van der Waals surface area contributed by atoms with Crippen molar-refractivity contribution in [1.29, 1.82) is 0 Å². The van der Waals surface area contributed by atoms with Gasteiger partial charge in [-0.2, -0.15) is 0 Å². The standard InChI is InChI=1S/C23H18N4OS/c1-14-13-28-21-4-3-15(9-17(14)21)18-10-16(11-19-23(18)26-8-7-25-19)27-20-12-24-6-5-22(20)29-2/h3-13,27H,1-2H3. The van der Waals surface area contributed by atoms with Crippen LogP contribution in [0.4, 0.5) is 11.4 Å². The number of aromatic nitrogens is 3. The normalized spacial score (nSPS) is 11.2. The third kappa shape index (κ3) is 3.21. The first kappa shape index (κ1) is 17.7. The van der Waals surface area contributed by atoms with Crippen molar-refractivity contribution in [3.05, 3.63) is 73.0 Å². The summed E-state index contributed by atoms with van der Waals surface area (Å²) >= 11 is 1.68. The summed E-state index contributed by atoms with van der Waals surface area (Å²) in [6.45, 7) is 2.05. The van der Waals surface area contributed by atoms with Gasteiger partial charge in [-0.3, -0.25) is 15.0 Å². The molecule has 0 unspecified atom stereocenters. The second kappa shape index (κ2) is 7.22. The second-order valence-electron chi connectivity index (χ2n) is 6.78. The van der Waals surface area contributed by atoms with E-state index in [1.807, 2.05) is 24.4 Å². The molecule has 6 heteroatoms. The van der Waals surface area contributed by atoms with E-state index in [1.165, 1.54) is 0 Å². The number of hydrogen-bond acceptors (Lipinski definition) is 6. The molecule has 0 aliphatic carbocycles. The fraction of sp³-hybridized carbons (Fsp3) is 0.0870. The number of hydrogen-bond donors (Lipinski definition) is 1. The first-order chi connectivity index (χ1) is 14.2. The van der Waals surface area contributed by atoms with Gasteiger partial charge in [-0.05, 0) is 54.6 Å². The minimum absolute atomic E-state index is 0.839. The predicted octanol–water partition coefficient (Wildman–Crippen LogP) is 6.21. The van der Waals surface area contributed by atoms with Crippen molar-refractivity contribution in [3.63, 3.8) is 0 Å². The van der Waals surface area contributed by atoms with Crippen LogP contribution in [0.5, 0.6) is 0 Å². The third-order valence-corrected chi connectivity index (χ3v) is 5.73. The Morgan fingerprint density at radius 2 is 1.90 bits per heavy atom. The Bertz CT molecular complexity index is 1350. The fourth-order valence-electron chi connectivity index (χ4n) is 3.50. The number of anilines is 2. The molecule has 5 aromatic rings. The zero-order valence-corrected chi connectivity index (χ0v) is 16.8. The number of fused-ring (bicyclic) bond motifs is 2. The van der Waals surface area contributed by atoms with E-state index in [2.05, 4.69) is 51.6 Å². The summed E-state index contributed by atoms with van der Waals surface area (Å²) < 4.78 is 5.61. The van der Waals surface area contributed by atoms with Gasteiger partial charge in [0.15, 0.2) is 0 Å². The highest BCUT2D eigenvalue weighted by molar-refractivity contribution is 7.98. The van der Waals surface area contributed by atoms with Gasteiger partial charge in [0.05, 0.1) is 29.2 Å². The molecule has 2 aromatic carbocycles. The van der Waals surface area contributed by atoms with Crippen LogP contribution >= 0.6 is 11.8 Å². The SMILES string of the molecule is CSc1ccncc1Nc1cc(-c2ccc3occ(C)c3c2)c2nccnc2c1. The van der Waals surface area contributed by atoms with Crippen LogP contribution in [0.3, 0.4) is 0 Å². The number of benzene rings is 2. The topological polar surface area (TPSA) is 63.8 Å². The average molecular weight is 398 g/mol. The van der Waals surface area contributed by atoms with Gasteiger partial charge in [-0.1, -0.05) is 6.07 Å². The molecule has 0 aliphatic heterocycles. The summed E-state index contributed by atoms with van der Waals surface area (Å²) in [5.74, 6) is 0. The quantitative estimate of drug-likeness (QED) is 0.363. The van der Waals surface area contributed by atoms with E-state index in [0.29, 0.717) is 0 Å². The lowest BCUT2D eigenvalue weighted by Gasteiger charge is -2.13. The Morgan fingerprint density at radius 1 is 1.00 bits per heavy atom. The number of nitrogens with one attached hydrogen (secondary N) is 1. The van der Waals surface area contributed by atoms with Crippen molar-refractivity contribution >= 4 is 45.1 Å². The van der Waals surface area contributed by atoms with Gasteiger partial charge in [0.1, 0.15) is 5.58 Å². The molecular formula is C23H18N4OS. The van der Waals surface area contributed by atoms with Crippen LogP contribution in [0.1, 0.15) is 5.56 Å². The van der Waals surface area contributed by atoms with Gasteiger partial charge in [0.25, 0.3) is 0 Å². The van der Waals surface area contributed by atoms with E-state index in [0.717, 1.165) is 55.0 Å². The van der Waals surface area contributed by atoms with Gasteiger partial charge in [-0.15, -0.1) is 11.8 Å². The molecule has 0 fully saturated rings. The first-order valence-electron chi connectivity index (χ1n) is 9.21. The van der Waals surface area contributed by atoms with Crippen molar-refractivity contribution in [2.45, 2.75) is 11.8 Å². The maximum absolute atomic E-state index is 5.61. The molecule has 0 radical (unpaired) electrons. The molecule has 0 spiro atoms. The van der Waals surface area contributed by atoms with E-state index in [-0.39, 0.29) is 0 Å². The van der Waals surface area contributed by atoms with E-state index in [9.17, 15) is 0 Å². The Morgan fingerprint density at radius 3 is 2.79 bits per heavy atom. The van der Waals surface area contributed by atoms with E-state index >= 15 is 0 Å². The Balaban J connectivity index is 1.68. The number of pyridine rings is 1. The molecule has 0 aliphatic rings. The van der Waals surface area contributed by atoms with Crippen molar-refractivity contribution in [1.82, 2.24) is 15.0 Å². The number of rotatable bonds is 4. The molecule has 0 bridgehead atoms. The van der Waals surface area contributed by atoms with Crippen LogP contribution in [0, 0.1) is 6.92 Å². The van der Waals surface area contributed by atoms with Crippen molar-refractivity contribution in [3.8, 4) is 11.1 Å². The van der Waals surface area contributed by atoms with Crippen LogP contribution < -0.4 is 5.32 Å². The van der Waals surface area contributed by atoms with Gasteiger partial charge in [0, 0.05) is 40.1 Å². The van der Waals surface area contributed by atoms with Crippen molar-refractivity contribution in [2.24, 2.45) is 0 Å². The Hall–Kier alpha value is -3.38. The zero-order chi connectivity index (χ0) is 19.8.